The van der Waals surface area contributed by atoms with Gasteiger partial charge in [0.25, 0.3) is 0 Å². The van der Waals surface area contributed by atoms with Gasteiger partial charge in [0.05, 0.1) is 12.8 Å². The lowest BCUT2D eigenvalue weighted by molar-refractivity contribution is -0.119. The highest BCUT2D eigenvalue weighted by molar-refractivity contribution is 5.92. The summed E-state index contributed by atoms with van der Waals surface area (Å²) < 4.78 is 5.23. The summed E-state index contributed by atoms with van der Waals surface area (Å²) in [5.74, 6) is 0.636. The Morgan fingerprint density at radius 2 is 1.95 bits per heavy atom. The van der Waals surface area contributed by atoms with E-state index in [1.807, 2.05) is 25.1 Å². The van der Waals surface area contributed by atoms with Gasteiger partial charge in [-0.1, -0.05) is 12.5 Å². The molecule has 0 unspecified atom stereocenters. The lowest BCUT2D eigenvalue weighted by atomic mass is 10.1. The summed E-state index contributed by atoms with van der Waals surface area (Å²) in [7, 11) is 1.59. The van der Waals surface area contributed by atoms with E-state index in [0.717, 1.165) is 24.8 Å². The first kappa shape index (κ1) is 17.0. The monoisotopic (exact) mass is 292 g/mol. The minimum Gasteiger partial charge on any atom is -0.495 e. The van der Waals surface area contributed by atoms with E-state index in [1.54, 1.807) is 7.11 Å². The molecule has 1 aromatic rings. The molecule has 0 saturated carbocycles. The number of hydrogen-bond acceptors (Lipinski definition) is 3. The van der Waals surface area contributed by atoms with Crippen molar-refractivity contribution in [2.75, 3.05) is 19.0 Å². The molecular formula is C16H24N2O3. The minimum absolute atomic E-state index is 0.0146. The standard InChI is InChI=1S/C16H24N2O3/c1-12-8-9-15(21-3)14(11-12)18-16(20)7-5-4-6-10-17-13(2)19/h8-9,11H,4-7,10H2,1-3H3,(H,17,19)(H,18,20). The molecule has 5 nitrogen and oxygen atoms in total. The summed E-state index contributed by atoms with van der Waals surface area (Å²) >= 11 is 0. The summed E-state index contributed by atoms with van der Waals surface area (Å²) in [4.78, 5) is 22.6. The number of amides is 2. The normalized spacial score (nSPS) is 10.0. The molecule has 0 atom stereocenters. The van der Waals surface area contributed by atoms with Crippen molar-refractivity contribution in [2.24, 2.45) is 0 Å². The maximum Gasteiger partial charge on any atom is 0.224 e. The molecule has 1 aromatic carbocycles. The number of hydrogen-bond donors (Lipinski definition) is 2. The van der Waals surface area contributed by atoms with Crippen LogP contribution in [0.25, 0.3) is 0 Å². The number of anilines is 1. The van der Waals surface area contributed by atoms with E-state index in [0.29, 0.717) is 24.4 Å². The molecule has 0 aliphatic heterocycles. The predicted molar refractivity (Wildman–Crippen MR) is 83.5 cm³/mol. The fourth-order valence-corrected chi connectivity index (χ4v) is 1.98. The van der Waals surface area contributed by atoms with Gasteiger partial charge in [0.2, 0.25) is 11.8 Å². The summed E-state index contributed by atoms with van der Waals surface area (Å²) in [5.41, 5.74) is 1.78. The van der Waals surface area contributed by atoms with Crippen molar-refractivity contribution >= 4 is 17.5 Å². The Morgan fingerprint density at radius 3 is 2.62 bits per heavy atom. The van der Waals surface area contributed by atoms with Gasteiger partial charge in [-0.15, -0.1) is 0 Å². The number of nitrogens with one attached hydrogen (secondary N) is 2. The van der Waals surface area contributed by atoms with E-state index in [9.17, 15) is 9.59 Å². The van der Waals surface area contributed by atoms with Crippen LogP contribution in [0.15, 0.2) is 18.2 Å². The van der Waals surface area contributed by atoms with Gasteiger partial charge in [-0.05, 0) is 37.5 Å². The number of rotatable bonds is 8. The Hall–Kier alpha value is -2.04. The van der Waals surface area contributed by atoms with Crippen LogP contribution in [-0.4, -0.2) is 25.5 Å². The van der Waals surface area contributed by atoms with E-state index in [2.05, 4.69) is 10.6 Å². The molecule has 2 amide bonds. The molecule has 0 spiro atoms. The first-order chi connectivity index (χ1) is 10.0. The SMILES string of the molecule is COc1ccc(C)cc1NC(=O)CCCCCNC(C)=O. The minimum atomic E-state index is -0.0153. The molecule has 2 N–H and O–H groups in total. The Kier molecular flexibility index (Phi) is 7.29. The number of unbranched alkanes of at least 4 members (excludes halogenated alkanes) is 2. The number of methoxy groups -OCH3 is 1. The molecular weight excluding hydrogens is 268 g/mol. The summed E-state index contributed by atoms with van der Waals surface area (Å²) in [6, 6.07) is 5.68. The largest absolute Gasteiger partial charge is 0.495 e. The van der Waals surface area contributed by atoms with Crippen LogP contribution in [0.3, 0.4) is 0 Å². The van der Waals surface area contributed by atoms with Crippen molar-refractivity contribution in [2.45, 2.75) is 39.5 Å². The molecule has 0 aliphatic rings. The predicted octanol–water partition coefficient (Wildman–Crippen LogP) is 2.64. The molecule has 0 saturated heterocycles. The zero-order chi connectivity index (χ0) is 15.7. The topological polar surface area (TPSA) is 67.4 Å². The maximum atomic E-state index is 11.9. The van der Waals surface area contributed by atoms with Gasteiger partial charge in [0, 0.05) is 19.9 Å². The molecule has 0 aromatic heterocycles. The third-order valence-electron chi connectivity index (χ3n) is 3.08. The number of carbonyl (C=O) groups excluding carboxylic acids is 2. The van der Waals surface area contributed by atoms with Crippen LogP contribution in [0, 0.1) is 6.92 Å². The Bertz CT molecular complexity index is 486. The Morgan fingerprint density at radius 1 is 1.19 bits per heavy atom. The molecule has 0 fully saturated rings. The molecule has 0 aliphatic carbocycles. The second-order valence-corrected chi connectivity index (χ2v) is 5.05. The highest BCUT2D eigenvalue weighted by Crippen LogP contribution is 2.25. The van der Waals surface area contributed by atoms with Crippen LogP contribution in [0.2, 0.25) is 0 Å². The van der Waals surface area contributed by atoms with Gasteiger partial charge in [-0.25, -0.2) is 0 Å². The van der Waals surface area contributed by atoms with Crippen LogP contribution < -0.4 is 15.4 Å². The lowest BCUT2D eigenvalue weighted by Gasteiger charge is -2.11. The Labute approximate surface area is 126 Å². The van der Waals surface area contributed by atoms with Crippen molar-refractivity contribution in [1.29, 1.82) is 0 Å². The van der Waals surface area contributed by atoms with E-state index in [1.165, 1.54) is 6.92 Å². The highest BCUT2D eigenvalue weighted by Gasteiger charge is 2.07. The number of aryl methyl sites for hydroxylation is 1. The van der Waals surface area contributed by atoms with Gasteiger partial charge in [-0.3, -0.25) is 9.59 Å². The van der Waals surface area contributed by atoms with E-state index >= 15 is 0 Å². The Balaban J connectivity index is 2.31. The van der Waals surface area contributed by atoms with Crippen molar-refractivity contribution in [1.82, 2.24) is 5.32 Å². The van der Waals surface area contributed by atoms with Crippen LogP contribution >= 0.6 is 0 Å². The average Bonchev–Trinajstić information content (AvgIpc) is 2.42. The van der Waals surface area contributed by atoms with E-state index in [4.69, 9.17) is 4.74 Å². The molecule has 0 heterocycles. The van der Waals surface area contributed by atoms with Crippen LogP contribution in [0.1, 0.15) is 38.2 Å². The van der Waals surface area contributed by atoms with Gasteiger partial charge in [0.15, 0.2) is 0 Å². The second kappa shape index (κ2) is 9.00. The van der Waals surface area contributed by atoms with Crippen molar-refractivity contribution in [3.63, 3.8) is 0 Å². The molecule has 1 rings (SSSR count). The summed E-state index contributed by atoms with van der Waals surface area (Å²) in [6.07, 6.45) is 3.08. The van der Waals surface area contributed by atoms with Gasteiger partial charge in [-0.2, -0.15) is 0 Å². The maximum absolute atomic E-state index is 11.9. The molecule has 5 heteroatoms. The zero-order valence-electron chi connectivity index (χ0n) is 13.0. The first-order valence-electron chi connectivity index (χ1n) is 7.22. The zero-order valence-corrected chi connectivity index (χ0v) is 13.0. The fourth-order valence-electron chi connectivity index (χ4n) is 1.98. The third-order valence-corrected chi connectivity index (χ3v) is 3.08. The smallest absolute Gasteiger partial charge is 0.224 e. The fraction of sp³-hybridized carbons (Fsp3) is 0.500. The molecule has 0 radical (unpaired) electrons. The second-order valence-electron chi connectivity index (χ2n) is 5.05. The van der Waals surface area contributed by atoms with E-state index in [-0.39, 0.29) is 11.8 Å². The van der Waals surface area contributed by atoms with Crippen LogP contribution in [0.4, 0.5) is 5.69 Å². The quantitative estimate of drug-likeness (QED) is 0.724. The lowest BCUT2D eigenvalue weighted by Crippen LogP contribution is -2.20. The molecule has 116 valence electrons. The van der Waals surface area contributed by atoms with Crippen LogP contribution in [-0.2, 0) is 9.59 Å². The van der Waals surface area contributed by atoms with Crippen molar-refractivity contribution in [3.8, 4) is 5.75 Å². The van der Waals surface area contributed by atoms with Gasteiger partial charge >= 0.3 is 0 Å². The molecule has 0 bridgehead atoms. The average molecular weight is 292 g/mol. The first-order valence-corrected chi connectivity index (χ1v) is 7.22. The molecule has 21 heavy (non-hydrogen) atoms. The highest BCUT2D eigenvalue weighted by atomic mass is 16.5. The number of ether oxygens (including phenoxy) is 1. The summed E-state index contributed by atoms with van der Waals surface area (Å²) in [6.45, 7) is 4.14. The summed E-state index contributed by atoms with van der Waals surface area (Å²) in [5, 5.41) is 5.62. The number of benzene rings is 1. The van der Waals surface area contributed by atoms with Crippen LogP contribution in [0.5, 0.6) is 5.75 Å². The van der Waals surface area contributed by atoms with Crippen molar-refractivity contribution < 1.29 is 14.3 Å². The van der Waals surface area contributed by atoms with Gasteiger partial charge < -0.3 is 15.4 Å². The van der Waals surface area contributed by atoms with Gasteiger partial charge in [0.1, 0.15) is 5.75 Å². The third kappa shape index (κ3) is 6.79. The van der Waals surface area contributed by atoms with E-state index < -0.39 is 0 Å². The number of carbonyl (C=O) groups is 2. The van der Waals surface area contributed by atoms with Crippen molar-refractivity contribution in [3.05, 3.63) is 23.8 Å².